The highest BCUT2D eigenvalue weighted by Crippen LogP contribution is 2.52. The molecule has 32 bridgehead atoms. The summed E-state index contributed by atoms with van der Waals surface area (Å²) in [7, 11) is 0. The van der Waals surface area contributed by atoms with Gasteiger partial charge in [-0.1, -0.05) is 0 Å². The molecule has 0 aromatic heterocycles. The van der Waals surface area contributed by atoms with Crippen LogP contribution in [-0.2, 0) is 0 Å². The van der Waals surface area contributed by atoms with Crippen molar-refractivity contribution in [2.24, 2.45) is 0 Å². The van der Waals surface area contributed by atoms with Gasteiger partial charge in [0.2, 0.25) is 44.1 Å². The average molecular weight is 1960 g/mol. The van der Waals surface area contributed by atoms with Crippen molar-refractivity contribution in [2.45, 2.75) is 160 Å². The molecule has 78 heteroatoms. The molecule has 34 saturated heterocycles. The van der Waals surface area contributed by atoms with E-state index in [0.29, 0.717) is 20.0 Å². The van der Waals surface area contributed by atoms with E-state index in [1.165, 1.54) is 58.8 Å². The minimum absolute atomic E-state index is 0.0760. The zero-order valence-electron chi connectivity index (χ0n) is 70.9. The first-order valence-corrected chi connectivity index (χ1v) is 44.1. The Bertz CT molecular complexity index is 5840. The number of nitroso groups, excluding NO2 is 6. The SMILES string of the molecule is O=C1N2CNC3NCN4C(=O)N5CN6C(=O)N7C(=O)NC(NCN8C(=O)N(CN1C5C24)C6C87)C1NCN2C(=O)N4CN5C(=O)N6C7C5N(CN5C(=O)N(C2C45)[N+]1=O)C(=O)N7[N+](=O)C3[N+]6=O.O=C1N2CNC3NCN4C(=O)N5CN6C(=O)N7C(=O)NC(NCN8C(=O)N(CN1C5C24)C6C87)C1NCN2C(=O)N4CN5C(=O)N6C7C5N(CN5C(=O)N(C2C45)[N+]1=O)C(=O)N7[N+](=O)C3[N+]6=O.O=C1NC2NC(=O)NC2N1. The summed E-state index contributed by atoms with van der Waals surface area (Å²) >= 11 is 0. The van der Waals surface area contributed by atoms with Crippen LogP contribution in [0.25, 0.3) is 0 Å². The first-order chi connectivity index (χ1) is 67.3. The van der Waals surface area contributed by atoms with Crippen LogP contribution in [0.3, 0.4) is 0 Å². The van der Waals surface area contributed by atoms with Gasteiger partial charge in [-0.05, 0) is 30.1 Å². The van der Waals surface area contributed by atoms with Gasteiger partial charge in [0.05, 0.1) is 82.8 Å². The lowest BCUT2D eigenvalue weighted by atomic mass is 10.3. The van der Waals surface area contributed by atoms with Crippen molar-refractivity contribution in [2.75, 3.05) is 107 Å². The molecule has 0 aliphatic carbocycles. The number of amides is 40. The van der Waals surface area contributed by atoms with E-state index in [1.54, 1.807) is 0 Å². The van der Waals surface area contributed by atoms with Crippen LogP contribution in [0.15, 0.2) is 0 Å². The van der Waals surface area contributed by atoms with Crippen molar-refractivity contribution in [3.8, 4) is 0 Å². The molecule has 0 radical (unpaired) electrons. The minimum atomic E-state index is -2.02. The number of nitrogens with one attached hydrogen (secondary N) is 14. The van der Waals surface area contributed by atoms with Crippen molar-refractivity contribution in [3.63, 3.8) is 0 Å². The molecule has 34 fully saturated rings. The van der Waals surface area contributed by atoms with E-state index in [-0.39, 0.29) is 53.6 Å². The number of hydrazine groups is 6. The number of hydrogen-bond acceptors (Lipinski definition) is 34. The highest BCUT2D eigenvalue weighted by atomic mass is 16.4. The minimum Gasteiger partial charge on any atom is -0.314 e. The molecule has 24 atom stereocenters. The number of rotatable bonds is 0. The van der Waals surface area contributed by atoms with Crippen LogP contribution in [-0.4, -0.2) is 574 Å². The lowest BCUT2D eigenvalue weighted by Crippen LogP contribution is -2.73. The fourth-order valence-corrected chi connectivity index (χ4v) is 26.0. The average Bonchev–Trinajstić information content (AvgIpc) is 1.51. The predicted molar refractivity (Wildman–Crippen MR) is 409 cm³/mol. The summed E-state index contributed by atoms with van der Waals surface area (Å²) in [5, 5.41) is 43.1. The Kier molecular flexibility index (Phi) is 14.4. The van der Waals surface area contributed by atoms with Crippen LogP contribution in [0.5, 0.6) is 0 Å². The maximum atomic E-state index is 14.8. The lowest BCUT2D eigenvalue weighted by molar-refractivity contribution is -0.948. The zero-order valence-corrected chi connectivity index (χ0v) is 70.9. The third-order valence-corrected chi connectivity index (χ3v) is 31.9. The summed E-state index contributed by atoms with van der Waals surface area (Å²) in [6.07, 6.45) is -34.7. The summed E-state index contributed by atoms with van der Waals surface area (Å²) < 4.78 is 0. The quantitative estimate of drug-likeness (QED) is 0.100. The van der Waals surface area contributed by atoms with Gasteiger partial charge in [-0.15, -0.1) is 0 Å². The van der Waals surface area contributed by atoms with Crippen LogP contribution >= 0.6 is 0 Å². The van der Waals surface area contributed by atoms with E-state index < -0.39 is 363 Å². The van der Waals surface area contributed by atoms with E-state index in [2.05, 4.69) is 74.4 Å². The number of imide groups is 2. The molecule has 40 amide bonds. The summed E-state index contributed by atoms with van der Waals surface area (Å²) in [5.74, 6) is 0. The van der Waals surface area contributed by atoms with Crippen LogP contribution in [0, 0.1) is 29.4 Å². The second-order valence-corrected chi connectivity index (χ2v) is 37.8. The van der Waals surface area contributed by atoms with Crippen LogP contribution < -0.4 is 74.4 Å². The summed E-state index contributed by atoms with van der Waals surface area (Å²) in [4.78, 5) is 401. The van der Waals surface area contributed by atoms with Gasteiger partial charge in [0.15, 0.2) is 96.1 Å². The fraction of sp³-hybridized carbons (Fsp3) is 0.677. The second kappa shape index (κ2) is 25.5. The van der Waals surface area contributed by atoms with Crippen molar-refractivity contribution in [3.05, 3.63) is 29.4 Å². The van der Waals surface area contributed by atoms with Crippen molar-refractivity contribution in [1.82, 2.24) is 232 Å². The second-order valence-electron chi connectivity index (χ2n) is 37.8. The Morgan fingerprint density at radius 3 is 0.621 bits per heavy atom. The Balaban J connectivity index is 0.000000119. The maximum absolute atomic E-state index is 14.8. The standard InChI is InChI=1S/2C29H32N24O12.C4H6N4O2/c2*54-21-34-9-11-33-4-38-19-16-42(25(38)58)7-45-17-20-49(28(45)61)52(64)12(53(65)50(20)29(62)46(17)8-44(16)27(60)48(19)51(11)63)10-31-2-35-13-14-39(22(35)55)5-41-15-18(37(1-30-9)24(41)57)47(21)26(59)43(15)6-40(14)23(56)36(13)3-32-10;9-3-5-1-2(7-3)8-4(10)6-1/h2*9-20,30-33H,1-8H2;1-2H,(H2,5,7,9)(H2,6,8,10)/q2*+2;/p+2. The largest absolute Gasteiger partial charge is 0.518 e. The molecule has 34 aliphatic heterocycles. The Labute approximate surface area is 771 Å². The van der Waals surface area contributed by atoms with E-state index in [0.717, 1.165) is 78.6 Å². The number of urea groups is 20. The topological polar surface area (TPSA) is 734 Å². The normalized spacial score (nSPS) is 40.1. The van der Waals surface area contributed by atoms with Gasteiger partial charge in [-0.25, -0.2) is 116 Å². The van der Waals surface area contributed by atoms with Crippen LogP contribution in [0.2, 0.25) is 0 Å². The summed E-state index contributed by atoms with van der Waals surface area (Å²) in [6.45, 7) is -8.01. The molecule has 78 nitrogen and oxygen atoms in total. The van der Waals surface area contributed by atoms with Gasteiger partial charge >= 0.3 is 145 Å². The molecule has 14 N–H and O–H groups in total. The Morgan fingerprint density at radius 2 is 0.357 bits per heavy atom. The molecule has 24 unspecified atom stereocenters. The highest BCUT2D eigenvalue weighted by molar-refractivity contribution is 6.01. The molecular formula is C62H72N52O26+6. The molecule has 0 spiro atoms. The van der Waals surface area contributed by atoms with Gasteiger partial charge in [0.25, 0.3) is 12.3 Å². The molecule has 0 aromatic rings. The highest BCUT2D eigenvalue weighted by Gasteiger charge is 2.85. The molecule has 0 saturated carbocycles. The van der Waals surface area contributed by atoms with Gasteiger partial charge in [-0.3, -0.25) is 149 Å². The Morgan fingerprint density at radius 1 is 0.171 bits per heavy atom. The first-order valence-electron chi connectivity index (χ1n) is 44.1. The molecule has 730 valence electrons. The fourth-order valence-electron chi connectivity index (χ4n) is 26.0. The molecule has 34 heterocycles. The van der Waals surface area contributed by atoms with Gasteiger partial charge in [0, 0.05) is 0 Å². The molecule has 140 heavy (non-hydrogen) atoms. The third kappa shape index (κ3) is 8.89. The van der Waals surface area contributed by atoms with Gasteiger partial charge in [-0.2, -0.15) is 0 Å². The summed E-state index contributed by atoms with van der Waals surface area (Å²) in [5.41, 5.74) is 0. The number of carbonyl (C=O) groups is 20. The van der Waals surface area contributed by atoms with E-state index in [1.807, 2.05) is 0 Å². The lowest BCUT2D eigenvalue weighted by Gasteiger charge is -2.41. The Hall–Kier alpha value is -16.9. The zero-order chi connectivity index (χ0) is 95.7. The molecule has 34 aliphatic rings. The monoisotopic (exact) mass is 1960 g/mol. The number of carbonyl (C=O) groups excluding carboxylic acids is 20. The molecular weight excluding hydrogens is 1890 g/mol. The van der Waals surface area contributed by atoms with Crippen LogP contribution in [0.1, 0.15) is 0 Å². The van der Waals surface area contributed by atoms with Crippen LogP contribution in [0.4, 0.5) is 95.9 Å². The van der Waals surface area contributed by atoms with E-state index >= 15 is 0 Å². The maximum Gasteiger partial charge on any atom is 0.518 e. The molecule has 34 rings (SSSR count). The number of fused-ring (bicyclic) bond motifs is 9. The van der Waals surface area contributed by atoms with E-state index in [9.17, 15) is 125 Å². The first kappa shape index (κ1) is 79.3. The van der Waals surface area contributed by atoms with Gasteiger partial charge in [0.1, 0.15) is 65.7 Å². The van der Waals surface area contributed by atoms with Crippen molar-refractivity contribution in [1.29, 1.82) is 0 Å². The van der Waals surface area contributed by atoms with Gasteiger partial charge < -0.3 is 31.9 Å². The third-order valence-electron chi connectivity index (χ3n) is 31.9. The predicted octanol–water partition coefficient (Wildman–Crippen LogP) is -16.3. The molecule has 0 aromatic carbocycles. The van der Waals surface area contributed by atoms with Crippen molar-refractivity contribution >= 4 is 121 Å². The smallest absolute Gasteiger partial charge is 0.314 e. The van der Waals surface area contributed by atoms with Crippen molar-refractivity contribution < 1.29 is 125 Å². The summed E-state index contributed by atoms with van der Waals surface area (Å²) in [6, 6.07) is -16.3. The number of nitrogens with zero attached hydrogens (tertiary/aromatic N) is 38. The number of hydrogen-bond donors (Lipinski definition) is 14. The van der Waals surface area contributed by atoms with E-state index in [4.69, 9.17) is 0 Å².